The SMILES string of the molecule is CCC(C)c1ccc(NC(C)c2ccc(Br)o2)cc1. The molecular weight excluding hydrogens is 302 g/mol. The maximum atomic E-state index is 5.55. The molecule has 0 fully saturated rings. The summed E-state index contributed by atoms with van der Waals surface area (Å²) < 4.78 is 6.32. The Morgan fingerprint density at radius 1 is 1.11 bits per heavy atom. The minimum absolute atomic E-state index is 0.153. The molecule has 0 aliphatic rings. The Bertz CT molecular complexity index is 518. The van der Waals surface area contributed by atoms with Crippen LogP contribution in [0.5, 0.6) is 0 Å². The first-order valence-corrected chi connectivity index (χ1v) is 7.51. The molecule has 19 heavy (non-hydrogen) atoms. The summed E-state index contributed by atoms with van der Waals surface area (Å²) in [6.45, 7) is 6.56. The maximum Gasteiger partial charge on any atom is 0.169 e. The number of benzene rings is 1. The van der Waals surface area contributed by atoms with Crippen molar-refractivity contribution in [3.8, 4) is 0 Å². The van der Waals surface area contributed by atoms with Crippen molar-refractivity contribution in [3.05, 3.63) is 52.4 Å². The van der Waals surface area contributed by atoms with E-state index in [1.165, 1.54) is 12.0 Å². The second kappa shape index (κ2) is 6.29. The lowest BCUT2D eigenvalue weighted by molar-refractivity contribution is 0.471. The van der Waals surface area contributed by atoms with E-state index in [2.05, 4.69) is 66.3 Å². The van der Waals surface area contributed by atoms with Crippen molar-refractivity contribution in [1.82, 2.24) is 0 Å². The van der Waals surface area contributed by atoms with Gasteiger partial charge in [-0.1, -0.05) is 26.0 Å². The largest absolute Gasteiger partial charge is 0.452 e. The van der Waals surface area contributed by atoms with Crippen molar-refractivity contribution in [2.45, 2.75) is 39.2 Å². The number of furan rings is 1. The summed E-state index contributed by atoms with van der Waals surface area (Å²) >= 11 is 3.32. The van der Waals surface area contributed by atoms with Crippen LogP contribution in [0.25, 0.3) is 0 Å². The van der Waals surface area contributed by atoms with Crippen LogP contribution < -0.4 is 5.32 Å². The molecule has 2 rings (SSSR count). The van der Waals surface area contributed by atoms with Crippen molar-refractivity contribution in [2.24, 2.45) is 0 Å². The van der Waals surface area contributed by atoms with Gasteiger partial charge in [0, 0.05) is 5.69 Å². The Morgan fingerprint density at radius 2 is 1.79 bits per heavy atom. The summed E-state index contributed by atoms with van der Waals surface area (Å²) in [4.78, 5) is 0. The fraction of sp³-hybridized carbons (Fsp3) is 0.375. The van der Waals surface area contributed by atoms with Gasteiger partial charge in [0.25, 0.3) is 0 Å². The average molecular weight is 322 g/mol. The molecule has 2 nitrogen and oxygen atoms in total. The molecule has 2 atom stereocenters. The van der Waals surface area contributed by atoms with Crippen LogP contribution in [0.2, 0.25) is 0 Å². The van der Waals surface area contributed by atoms with Crippen LogP contribution >= 0.6 is 15.9 Å². The molecule has 2 unspecified atom stereocenters. The summed E-state index contributed by atoms with van der Waals surface area (Å²) in [5.74, 6) is 1.55. The van der Waals surface area contributed by atoms with Gasteiger partial charge in [-0.25, -0.2) is 0 Å². The third-order valence-electron chi connectivity index (χ3n) is 3.50. The lowest BCUT2D eigenvalue weighted by Crippen LogP contribution is -2.05. The van der Waals surface area contributed by atoms with Gasteiger partial charge in [0.1, 0.15) is 5.76 Å². The molecule has 0 amide bonds. The summed E-state index contributed by atoms with van der Waals surface area (Å²) in [5, 5.41) is 3.44. The van der Waals surface area contributed by atoms with Crippen LogP contribution in [0, 0.1) is 0 Å². The average Bonchev–Trinajstić information content (AvgIpc) is 2.85. The third-order valence-corrected chi connectivity index (χ3v) is 3.92. The molecule has 0 saturated heterocycles. The highest BCUT2D eigenvalue weighted by atomic mass is 79.9. The predicted molar refractivity (Wildman–Crippen MR) is 83.6 cm³/mol. The van der Waals surface area contributed by atoms with Gasteiger partial charge in [0.2, 0.25) is 0 Å². The Balaban J connectivity index is 2.03. The van der Waals surface area contributed by atoms with Crippen LogP contribution in [-0.4, -0.2) is 0 Å². The van der Waals surface area contributed by atoms with E-state index in [-0.39, 0.29) is 6.04 Å². The lowest BCUT2D eigenvalue weighted by atomic mass is 9.98. The Labute approximate surface area is 123 Å². The highest BCUT2D eigenvalue weighted by molar-refractivity contribution is 9.10. The molecule has 0 aliphatic carbocycles. The molecule has 2 aromatic rings. The van der Waals surface area contributed by atoms with Crippen LogP contribution in [0.4, 0.5) is 5.69 Å². The molecule has 1 N–H and O–H groups in total. The van der Waals surface area contributed by atoms with E-state index < -0.39 is 0 Å². The van der Waals surface area contributed by atoms with Gasteiger partial charge in [0.15, 0.2) is 4.67 Å². The van der Waals surface area contributed by atoms with E-state index in [0.29, 0.717) is 5.92 Å². The van der Waals surface area contributed by atoms with Gasteiger partial charge < -0.3 is 9.73 Å². The second-order valence-corrected chi connectivity index (χ2v) is 5.72. The van der Waals surface area contributed by atoms with Gasteiger partial charge >= 0.3 is 0 Å². The van der Waals surface area contributed by atoms with Crippen molar-refractivity contribution in [1.29, 1.82) is 0 Å². The number of hydrogen-bond donors (Lipinski definition) is 1. The highest BCUT2D eigenvalue weighted by Gasteiger charge is 2.10. The summed E-state index contributed by atoms with van der Waals surface area (Å²) in [6.07, 6.45) is 1.17. The van der Waals surface area contributed by atoms with Gasteiger partial charge in [-0.05, 0) is 65.0 Å². The van der Waals surface area contributed by atoms with E-state index in [0.717, 1.165) is 16.1 Å². The zero-order valence-corrected chi connectivity index (χ0v) is 13.2. The van der Waals surface area contributed by atoms with Crippen LogP contribution in [0.15, 0.2) is 45.5 Å². The first-order valence-electron chi connectivity index (χ1n) is 6.72. The molecule has 0 aliphatic heterocycles. The minimum atomic E-state index is 0.153. The molecule has 0 saturated carbocycles. The van der Waals surface area contributed by atoms with E-state index in [9.17, 15) is 0 Å². The fourth-order valence-electron chi connectivity index (χ4n) is 2.03. The first kappa shape index (κ1) is 14.2. The zero-order chi connectivity index (χ0) is 13.8. The van der Waals surface area contributed by atoms with Crippen molar-refractivity contribution >= 4 is 21.6 Å². The van der Waals surface area contributed by atoms with Gasteiger partial charge in [0.05, 0.1) is 6.04 Å². The van der Waals surface area contributed by atoms with Gasteiger partial charge in [-0.3, -0.25) is 0 Å². The smallest absolute Gasteiger partial charge is 0.169 e. The molecule has 0 spiro atoms. The van der Waals surface area contributed by atoms with Crippen LogP contribution in [0.1, 0.15) is 50.5 Å². The molecule has 0 bridgehead atoms. The highest BCUT2D eigenvalue weighted by Crippen LogP contribution is 2.25. The zero-order valence-electron chi connectivity index (χ0n) is 11.6. The number of anilines is 1. The van der Waals surface area contributed by atoms with E-state index >= 15 is 0 Å². The van der Waals surface area contributed by atoms with Crippen LogP contribution in [0.3, 0.4) is 0 Å². The molecular formula is C16H20BrNO. The van der Waals surface area contributed by atoms with E-state index in [4.69, 9.17) is 4.42 Å². The quantitative estimate of drug-likeness (QED) is 0.760. The van der Waals surface area contributed by atoms with Crippen molar-refractivity contribution < 1.29 is 4.42 Å². The number of nitrogens with one attached hydrogen (secondary N) is 1. The number of halogens is 1. The standard InChI is InChI=1S/C16H20BrNO/c1-4-11(2)13-5-7-14(8-6-13)18-12(3)15-9-10-16(17)19-15/h5-12,18H,4H2,1-3H3. The van der Waals surface area contributed by atoms with Gasteiger partial charge in [-0.2, -0.15) is 0 Å². The van der Waals surface area contributed by atoms with Crippen molar-refractivity contribution in [3.63, 3.8) is 0 Å². The molecule has 3 heteroatoms. The monoisotopic (exact) mass is 321 g/mol. The number of hydrogen-bond acceptors (Lipinski definition) is 2. The van der Waals surface area contributed by atoms with Crippen LogP contribution in [-0.2, 0) is 0 Å². The van der Waals surface area contributed by atoms with Crippen molar-refractivity contribution in [2.75, 3.05) is 5.32 Å². The Kier molecular flexibility index (Phi) is 4.70. The summed E-state index contributed by atoms with van der Waals surface area (Å²) in [5.41, 5.74) is 2.51. The molecule has 0 radical (unpaired) electrons. The van der Waals surface area contributed by atoms with Gasteiger partial charge in [-0.15, -0.1) is 0 Å². The number of rotatable bonds is 5. The predicted octanol–water partition coefficient (Wildman–Crippen LogP) is 5.73. The third kappa shape index (κ3) is 3.63. The first-order chi connectivity index (χ1) is 9.10. The Hall–Kier alpha value is -1.22. The summed E-state index contributed by atoms with van der Waals surface area (Å²) in [7, 11) is 0. The fourth-order valence-corrected chi connectivity index (χ4v) is 2.34. The minimum Gasteiger partial charge on any atom is -0.452 e. The molecule has 1 aromatic heterocycles. The summed E-state index contributed by atoms with van der Waals surface area (Å²) in [6, 6.07) is 12.7. The topological polar surface area (TPSA) is 25.2 Å². The maximum absolute atomic E-state index is 5.55. The normalized spacial score (nSPS) is 14.1. The molecule has 1 aromatic carbocycles. The second-order valence-electron chi connectivity index (χ2n) is 4.94. The molecule has 102 valence electrons. The van der Waals surface area contributed by atoms with E-state index in [1.54, 1.807) is 0 Å². The molecule has 1 heterocycles. The Morgan fingerprint density at radius 3 is 2.32 bits per heavy atom. The van der Waals surface area contributed by atoms with E-state index in [1.807, 2.05) is 12.1 Å². The lowest BCUT2D eigenvalue weighted by Gasteiger charge is -2.14.